The third-order valence-corrected chi connectivity index (χ3v) is 4.79. The van der Waals surface area contributed by atoms with E-state index in [1.54, 1.807) is 6.07 Å². The number of nitrogens with one attached hydrogen (secondary N) is 1. The number of hydrogen-bond donors (Lipinski definition) is 1. The lowest BCUT2D eigenvalue weighted by Crippen LogP contribution is -2.49. The lowest BCUT2D eigenvalue weighted by atomic mass is 9.90. The first-order chi connectivity index (χ1) is 8.52. The van der Waals surface area contributed by atoms with Gasteiger partial charge in [-0.05, 0) is 32.9 Å². The van der Waals surface area contributed by atoms with Crippen LogP contribution in [0, 0.1) is 10.1 Å². The normalized spacial score (nSPS) is 19.9. The topological polar surface area (TPSA) is 58.4 Å². The van der Waals surface area contributed by atoms with E-state index in [1.165, 1.54) is 11.3 Å². The van der Waals surface area contributed by atoms with E-state index in [-0.39, 0.29) is 15.5 Å². The van der Waals surface area contributed by atoms with E-state index >= 15 is 0 Å². The molecule has 18 heavy (non-hydrogen) atoms. The highest BCUT2D eigenvalue weighted by atomic mass is 32.1. The van der Waals surface area contributed by atoms with E-state index in [2.05, 4.69) is 17.1 Å². The van der Waals surface area contributed by atoms with Crippen LogP contribution in [0.15, 0.2) is 12.1 Å². The second-order valence-corrected chi connectivity index (χ2v) is 6.23. The van der Waals surface area contributed by atoms with Crippen LogP contribution < -0.4 is 5.32 Å². The molecule has 1 fully saturated rings. The first-order valence-corrected chi connectivity index (χ1v) is 6.98. The summed E-state index contributed by atoms with van der Waals surface area (Å²) >= 11 is 1.28. The summed E-state index contributed by atoms with van der Waals surface area (Å²) < 4.78 is 0. The highest BCUT2D eigenvalue weighted by molar-refractivity contribution is 7.15. The standard InChI is InChI=1S/C12H19N3O2S/c1-12(13-2)5-7-14(8-6-12)9-10-3-4-11(18-10)15(16)17/h3-4,13H,5-9H2,1-2H3. The number of thiophene rings is 1. The van der Waals surface area contributed by atoms with Crippen molar-refractivity contribution >= 4 is 16.3 Å². The Kier molecular flexibility index (Phi) is 3.99. The fourth-order valence-electron chi connectivity index (χ4n) is 2.22. The molecule has 1 N–H and O–H groups in total. The van der Waals surface area contributed by atoms with Crippen LogP contribution in [0.25, 0.3) is 0 Å². The number of nitrogens with zero attached hydrogens (tertiary/aromatic N) is 2. The minimum atomic E-state index is -0.317. The molecule has 0 bridgehead atoms. The van der Waals surface area contributed by atoms with Crippen LogP contribution in [-0.2, 0) is 6.54 Å². The Labute approximate surface area is 111 Å². The fraction of sp³-hybridized carbons (Fsp3) is 0.667. The number of likely N-dealkylation sites (tertiary alicyclic amines) is 1. The molecule has 1 aromatic rings. The first kappa shape index (κ1) is 13.5. The van der Waals surface area contributed by atoms with Crippen LogP contribution >= 0.6 is 11.3 Å². The van der Waals surface area contributed by atoms with Crippen molar-refractivity contribution < 1.29 is 4.92 Å². The zero-order valence-electron chi connectivity index (χ0n) is 10.8. The molecular weight excluding hydrogens is 250 g/mol. The van der Waals surface area contributed by atoms with Crippen molar-refractivity contribution in [1.82, 2.24) is 10.2 Å². The van der Waals surface area contributed by atoms with Gasteiger partial charge in [-0.15, -0.1) is 0 Å². The van der Waals surface area contributed by atoms with E-state index in [1.807, 2.05) is 13.1 Å². The van der Waals surface area contributed by atoms with Gasteiger partial charge in [0.05, 0.1) is 4.92 Å². The van der Waals surface area contributed by atoms with Crippen LogP contribution in [0.4, 0.5) is 5.00 Å². The summed E-state index contributed by atoms with van der Waals surface area (Å²) in [6.07, 6.45) is 2.24. The Morgan fingerprint density at radius 2 is 2.17 bits per heavy atom. The average Bonchev–Trinajstić information content (AvgIpc) is 2.81. The maximum Gasteiger partial charge on any atom is 0.324 e. The largest absolute Gasteiger partial charge is 0.324 e. The highest BCUT2D eigenvalue weighted by Gasteiger charge is 2.28. The molecule has 0 unspecified atom stereocenters. The van der Waals surface area contributed by atoms with Gasteiger partial charge in [0.2, 0.25) is 0 Å². The van der Waals surface area contributed by atoms with Gasteiger partial charge in [0.1, 0.15) is 0 Å². The number of hydrogen-bond acceptors (Lipinski definition) is 5. The zero-order valence-corrected chi connectivity index (χ0v) is 11.6. The summed E-state index contributed by atoms with van der Waals surface area (Å²) in [5.74, 6) is 0. The Morgan fingerprint density at radius 3 is 2.67 bits per heavy atom. The molecule has 1 aliphatic rings. The molecule has 1 aliphatic heterocycles. The quantitative estimate of drug-likeness (QED) is 0.672. The fourth-order valence-corrected chi connectivity index (χ4v) is 3.09. The zero-order chi connectivity index (χ0) is 13.2. The summed E-state index contributed by atoms with van der Waals surface area (Å²) in [5.41, 5.74) is 0.248. The molecule has 0 radical (unpaired) electrons. The van der Waals surface area contributed by atoms with Gasteiger partial charge >= 0.3 is 5.00 Å². The van der Waals surface area contributed by atoms with E-state index in [9.17, 15) is 10.1 Å². The van der Waals surface area contributed by atoms with Gasteiger partial charge in [-0.2, -0.15) is 0 Å². The maximum atomic E-state index is 10.6. The van der Waals surface area contributed by atoms with Gasteiger partial charge in [-0.25, -0.2) is 0 Å². The molecule has 5 nitrogen and oxygen atoms in total. The van der Waals surface area contributed by atoms with Crippen LogP contribution in [0.2, 0.25) is 0 Å². The van der Waals surface area contributed by atoms with Crippen molar-refractivity contribution in [2.24, 2.45) is 0 Å². The Morgan fingerprint density at radius 1 is 1.50 bits per heavy atom. The molecule has 0 spiro atoms. The SMILES string of the molecule is CNC1(C)CCN(Cc2ccc([N+](=O)[O-])s2)CC1. The summed E-state index contributed by atoms with van der Waals surface area (Å²) in [6, 6.07) is 3.47. The highest BCUT2D eigenvalue weighted by Crippen LogP contribution is 2.27. The Bertz CT molecular complexity index is 425. The van der Waals surface area contributed by atoms with E-state index < -0.39 is 0 Å². The summed E-state index contributed by atoms with van der Waals surface area (Å²) in [6.45, 7) is 5.17. The summed E-state index contributed by atoms with van der Waals surface area (Å²) in [7, 11) is 2.01. The lowest BCUT2D eigenvalue weighted by Gasteiger charge is -2.39. The number of piperidine rings is 1. The molecule has 0 atom stereocenters. The molecule has 1 saturated heterocycles. The van der Waals surface area contributed by atoms with Crippen LogP contribution in [-0.4, -0.2) is 35.5 Å². The minimum absolute atomic E-state index is 0.238. The lowest BCUT2D eigenvalue weighted by molar-refractivity contribution is -0.380. The second-order valence-electron chi connectivity index (χ2n) is 5.08. The molecule has 100 valence electrons. The van der Waals surface area contributed by atoms with Crippen molar-refractivity contribution in [2.45, 2.75) is 31.8 Å². The Balaban J connectivity index is 1.89. The molecule has 0 amide bonds. The van der Waals surface area contributed by atoms with Crippen molar-refractivity contribution in [3.63, 3.8) is 0 Å². The van der Waals surface area contributed by atoms with Crippen LogP contribution in [0.5, 0.6) is 0 Å². The molecular formula is C12H19N3O2S. The third-order valence-electron chi connectivity index (χ3n) is 3.77. The number of rotatable bonds is 4. The third kappa shape index (κ3) is 3.07. The Hall–Kier alpha value is -0.980. The van der Waals surface area contributed by atoms with E-state index in [0.717, 1.165) is 37.4 Å². The molecule has 0 aromatic carbocycles. The maximum absolute atomic E-state index is 10.6. The van der Waals surface area contributed by atoms with Gasteiger partial charge in [-0.1, -0.05) is 11.3 Å². The van der Waals surface area contributed by atoms with E-state index in [0.29, 0.717) is 0 Å². The second kappa shape index (κ2) is 5.34. The monoisotopic (exact) mass is 269 g/mol. The van der Waals surface area contributed by atoms with Gasteiger partial charge in [-0.3, -0.25) is 15.0 Å². The van der Waals surface area contributed by atoms with Crippen LogP contribution in [0.1, 0.15) is 24.6 Å². The molecule has 0 saturated carbocycles. The van der Waals surface area contributed by atoms with E-state index in [4.69, 9.17) is 0 Å². The van der Waals surface area contributed by atoms with Crippen molar-refractivity contribution in [1.29, 1.82) is 0 Å². The summed E-state index contributed by atoms with van der Waals surface area (Å²) in [4.78, 5) is 13.8. The molecule has 1 aromatic heterocycles. The van der Waals surface area contributed by atoms with Gasteiger partial charge < -0.3 is 5.32 Å². The molecule has 2 rings (SSSR count). The van der Waals surface area contributed by atoms with Crippen molar-refractivity contribution in [2.75, 3.05) is 20.1 Å². The van der Waals surface area contributed by atoms with Crippen molar-refractivity contribution in [3.8, 4) is 0 Å². The first-order valence-electron chi connectivity index (χ1n) is 6.17. The van der Waals surface area contributed by atoms with Gasteiger partial charge in [0, 0.05) is 36.1 Å². The van der Waals surface area contributed by atoms with Crippen molar-refractivity contribution in [3.05, 3.63) is 27.1 Å². The average molecular weight is 269 g/mol. The van der Waals surface area contributed by atoms with Gasteiger partial charge in [0.25, 0.3) is 0 Å². The van der Waals surface area contributed by atoms with Gasteiger partial charge in [0.15, 0.2) is 0 Å². The minimum Gasteiger partial charge on any atom is -0.314 e. The van der Waals surface area contributed by atoms with Crippen LogP contribution in [0.3, 0.4) is 0 Å². The predicted octanol–water partition coefficient (Wildman–Crippen LogP) is 2.23. The smallest absolute Gasteiger partial charge is 0.314 e. The number of nitro groups is 1. The predicted molar refractivity (Wildman–Crippen MR) is 72.9 cm³/mol. The summed E-state index contributed by atoms with van der Waals surface area (Å²) in [5, 5.41) is 14.2. The molecule has 2 heterocycles. The molecule has 6 heteroatoms. The molecule has 0 aliphatic carbocycles.